The van der Waals surface area contributed by atoms with Gasteiger partial charge in [0, 0.05) is 15.6 Å². The summed E-state index contributed by atoms with van der Waals surface area (Å²) in [7, 11) is -3.35. The van der Waals surface area contributed by atoms with Gasteiger partial charge >= 0.3 is 0 Å². The molecule has 1 aliphatic rings. The number of hydrogen-bond donors (Lipinski definition) is 1. The Morgan fingerprint density at radius 2 is 1.69 bits per heavy atom. The Bertz CT molecular complexity index is 880. The molecule has 2 aromatic rings. The first-order chi connectivity index (χ1) is 12.2. The standard InChI is InChI=1S/C20H22Cl2O3S/c1-20(23)10-8-14(9-11-20)13-26(24,25)17-5-2-15(3-6-17)18-7-4-16(21)12-19(18)22/h2-7,12,14,23H,8-11,13H2,1H3/t14-,20-. The number of sulfone groups is 1. The summed E-state index contributed by atoms with van der Waals surface area (Å²) in [5.41, 5.74) is 1.01. The minimum absolute atomic E-state index is 0.102. The molecule has 0 aromatic heterocycles. The van der Waals surface area contributed by atoms with E-state index in [0.717, 1.165) is 24.0 Å². The van der Waals surface area contributed by atoms with E-state index >= 15 is 0 Å². The van der Waals surface area contributed by atoms with Gasteiger partial charge in [-0.2, -0.15) is 0 Å². The third-order valence-corrected chi connectivity index (χ3v) is 7.54. The average Bonchev–Trinajstić information content (AvgIpc) is 2.57. The highest BCUT2D eigenvalue weighted by atomic mass is 35.5. The van der Waals surface area contributed by atoms with Gasteiger partial charge in [-0.05, 0) is 68.4 Å². The molecule has 0 aliphatic heterocycles. The zero-order chi connectivity index (χ0) is 18.9. The van der Waals surface area contributed by atoms with Crippen LogP contribution in [0, 0.1) is 5.92 Å². The summed E-state index contributed by atoms with van der Waals surface area (Å²) in [5.74, 6) is 0.232. The minimum atomic E-state index is -3.35. The van der Waals surface area contributed by atoms with Crippen molar-refractivity contribution in [3.63, 3.8) is 0 Å². The Balaban J connectivity index is 1.75. The van der Waals surface area contributed by atoms with Crippen molar-refractivity contribution in [1.82, 2.24) is 0 Å². The van der Waals surface area contributed by atoms with Crippen molar-refractivity contribution in [2.45, 2.75) is 43.1 Å². The molecule has 0 radical (unpaired) electrons. The minimum Gasteiger partial charge on any atom is -0.390 e. The summed E-state index contributed by atoms with van der Waals surface area (Å²) in [4.78, 5) is 0.323. The van der Waals surface area contributed by atoms with Crippen LogP contribution in [0.5, 0.6) is 0 Å². The highest BCUT2D eigenvalue weighted by Gasteiger charge is 2.31. The van der Waals surface area contributed by atoms with Crippen molar-refractivity contribution < 1.29 is 13.5 Å². The number of hydrogen-bond acceptors (Lipinski definition) is 3. The quantitative estimate of drug-likeness (QED) is 0.733. The Morgan fingerprint density at radius 3 is 2.27 bits per heavy atom. The summed E-state index contributed by atoms with van der Waals surface area (Å²) in [6, 6.07) is 12.1. The lowest BCUT2D eigenvalue weighted by molar-refractivity contribution is 0.0108. The maximum Gasteiger partial charge on any atom is 0.178 e. The second-order valence-corrected chi connectivity index (χ2v) is 10.2. The Morgan fingerprint density at radius 1 is 1.08 bits per heavy atom. The van der Waals surface area contributed by atoms with E-state index in [-0.39, 0.29) is 11.7 Å². The van der Waals surface area contributed by atoms with Crippen molar-refractivity contribution in [3.8, 4) is 11.1 Å². The van der Waals surface area contributed by atoms with E-state index in [1.807, 2.05) is 13.0 Å². The monoisotopic (exact) mass is 412 g/mol. The van der Waals surface area contributed by atoms with Crippen LogP contribution >= 0.6 is 23.2 Å². The SMILES string of the molecule is C[C@]1(O)CC[C@H](CS(=O)(=O)c2ccc(-c3ccc(Cl)cc3Cl)cc2)CC1. The summed E-state index contributed by atoms with van der Waals surface area (Å²) in [5, 5.41) is 11.1. The number of benzene rings is 2. The van der Waals surface area contributed by atoms with Gasteiger partial charge in [-0.3, -0.25) is 0 Å². The fraction of sp³-hybridized carbons (Fsp3) is 0.400. The third kappa shape index (κ3) is 4.61. The van der Waals surface area contributed by atoms with Crippen molar-refractivity contribution in [3.05, 3.63) is 52.5 Å². The highest BCUT2D eigenvalue weighted by Crippen LogP contribution is 2.34. The maximum atomic E-state index is 12.7. The molecule has 0 atom stereocenters. The molecule has 26 heavy (non-hydrogen) atoms. The predicted molar refractivity (Wildman–Crippen MR) is 107 cm³/mol. The molecule has 2 aromatic carbocycles. The molecule has 6 heteroatoms. The van der Waals surface area contributed by atoms with E-state index in [2.05, 4.69) is 0 Å². The molecule has 0 unspecified atom stereocenters. The summed E-state index contributed by atoms with van der Waals surface area (Å²) in [6.45, 7) is 1.82. The smallest absolute Gasteiger partial charge is 0.178 e. The third-order valence-electron chi connectivity index (χ3n) is 5.09. The van der Waals surface area contributed by atoms with Gasteiger partial charge in [0.05, 0.1) is 16.2 Å². The summed E-state index contributed by atoms with van der Waals surface area (Å²) < 4.78 is 25.4. The highest BCUT2D eigenvalue weighted by molar-refractivity contribution is 7.91. The number of aliphatic hydroxyl groups is 1. The molecule has 1 N–H and O–H groups in total. The van der Waals surface area contributed by atoms with Crippen molar-refractivity contribution >= 4 is 33.0 Å². The molecule has 1 fully saturated rings. The van der Waals surface area contributed by atoms with Gasteiger partial charge in [-0.15, -0.1) is 0 Å². The fourth-order valence-electron chi connectivity index (χ4n) is 3.44. The van der Waals surface area contributed by atoms with Gasteiger partial charge in [0.1, 0.15) is 0 Å². The topological polar surface area (TPSA) is 54.4 Å². The van der Waals surface area contributed by atoms with E-state index < -0.39 is 15.4 Å². The molecule has 140 valence electrons. The van der Waals surface area contributed by atoms with Gasteiger partial charge in [-0.1, -0.05) is 41.4 Å². The van der Waals surface area contributed by atoms with E-state index in [9.17, 15) is 13.5 Å². The normalized spacial score (nSPS) is 23.8. The molecule has 0 heterocycles. The molecule has 1 saturated carbocycles. The van der Waals surface area contributed by atoms with Crippen LogP contribution in [-0.4, -0.2) is 24.9 Å². The van der Waals surface area contributed by atoms with Gasteiger partial charge in [0.25, 0.3) is 0 Å². The van der Waals surface area contributed by atoms with Crippen molar-refractivity contribution in [1.29, 1.82) is 0 Å². The van der Waals surface area contributed by atoms with Gasteiger partial charge in [0.2, 0.25) is 0 Å². The Hall–Kier alpha value is -1.07. The zero-order valence-electron chi connectivity index (χ0n) is 14.6. The molecular formula is C20H22Cl2O3S. The molecule has 0 amide bonds. The van der Waals surface area contributed by atoms with Gasteiger partial charge in [0.15, 0.2) is 9.84 Å². The number of rotatable bonds is 4. The van der Waals surface area contributed by atoms with Crippen LogP contribution in [0.15, 0.2) is 47.4 Å². The van der Waals surface area contributed by atoms with Gasteiger partial charge in [-0.25, -0.2) is 8.42 Å². The van der Waals surface area contributed by atoms with Crippen LogP contribution in [-0.2, 0) is 9.84 Å². The first-order valence-electron chi connectivity index (χ1n) is 8.67. The fourth-order valence-corrected chi connectivity index (χ4v) is 5.65. The summed E-state index contributed by atoms with van der Waals surface area (Å²) >= 11 is 12.1. The molecule has 3 rings (SSSR count). The van der Waals surface area contributed by atoms with Crippen LogP contribution in [0.1, 0.15) is 32.6 Å². The van der Waals surface area contributed by atoms with Crippen LogP contribution in [0.25, 0.3) is 11.1 Å². The van der Waals surface area contributed by atoms with Gasteiger partial charge < -0.3 is 5.11 Å². The van der Waals surface area contributed by atoms with Crippen LogP contribution < -0.4 is 0 Å². The van der Waals surface area contributed by atoms with E-state index in [0.29, 0.717) is 27.8 Å². The van der Waals surface area contributed by atoms with E-state index in [4.69, 9.17) is 23.2 Å². The Labute approximate surface area is 164 Å². The first kappa shape index (κ1) is 19.7. The lowest BCUT2D eigenvalue weighted by Crippen LogP contribution is -2.32. The van der Waals surface area contributed by atoms with Crippen molar-refractivity contribution in [2.75, 3.05) is 5.75 Å². The van der Waals surface area contributed by atoms with E-state index in [1.54, 1.807) is 36.4 Å². The van der Waals surface area contributed by atoms with Crippen LogP contribution in [0.3, 0.4) is 0 Å². The zero-order valence-corrected chi connectivity index (χ0v) is 16.9. The maximum absolute atomic E-state index is 12.7. The molecule has 0 saturated heterocycles. The number of halogens is 2. The molecule has 0 bridgehead atoms. The predicted octanol–water partition coefficient (Wildman–Crippen LogP) is 5.38. The second-order valence-electron chi connectivity index (χ2n) is 7.37. The first-order valence-corrected chi connectivity index (χ1v) is 11.1. The molecular weight excluding hydrogens is 391 g/mol. The molecule has 0 spiro atoms. The lowest BCUT2D eigenvalue weighted by Gasteiger charge is -2.32. The summed E-state index contributed by atoms with van der Waals surface area (Å²) in [6.07, 6.45) is 2.79. The Kier molecular flexibility index (Phi) is 5.69. The molecule has 3 nitrogen and oxygen atoms in total. The average molecular weight is 413 g/mol. The lowest BCUT2D eigenvalue weighted by atomic mass is 9.81. The van der Waals surface area contributed by atoms with Crippen molar-refractivity contribution in [2.24, 2.45) is 5.92 Å². The second kappa shape index (κ2) is 7.51. The molecule has 1 aliphatic carbocycles. The van der Waals surface area contributed by atoms with Crippen LogP contribution in [0.4, 0.5) is 0 Å². The largest absolute Gasteiger partial charge is 0.390 e. The van der Waals surface area contributed by atoms with E-state index in [1.165, 1.54) is 0 Å². The van der Waals surface area contributed by atoms with Crippen LogP contribution in [0.2, 0.25) is 10.0 Å².